The van der Waals surface area contributed by atoms with E-state index in [0.29, 0.717) is 12.5 Å². The Labute approximate surface area is 155 Å². The molecule has 7 nitrogen and oxygen atoms in total. The largest absolute Gasteiger partial charge is 0.355 e. The zero-order valence-corrected chi connectivity index (χ0v) is 15.7. The zero-order valence-electron chi connectivity index (χ0n) is 14.1. The van der Waals surface area contributed by atoms with Gasteiger partial charge in [0.25, 0.3) is 0 Å². The Morgan fingerprint density at radius 3 is 2.79 bits per heavy atom. The fraction of sp³-hybridized carbons (Fsp3) is 0.667. The van der Waals surface area contributed by atoms with Crippen LogP contribution < -0.4 is 10.6 Å². The van der Waals surface area contributed by atoms with Crippen molar-refractivity contribution >= 4 is 36.6 Å². The van der Waals surface area contributed by atoms with Gasteiger partial charge in [0.05, 0.1) is 6.54 Å². The molecule has 24 heavy (non-hydrogen) atoms. The number of halogens is 2. The van der Waals surface area contributed by atoms with Crippen molar-refractivity contribution in [2.45, 2.75) is 25.8 Å². The van der Waals surface area contributed by atoms with Crippen LogP contribution in [0, 0.1) is 5.92 Å². The van der Waals surface area contributed by atoms with Crippen molar-refractivity contribution in [1.82, 2.24) is 25.3 Å². The molecule has 9 heteroatoms. The summed E-state index contributed by atoms with van der Waals surface area (Å²) in [6.07, 6.45) is 5.54. The monoisotopic (exact) mass is 379 g/mol. The lowest BCUT2D eigenvalue weighted by atomic mass is 10.1. The number of hydrogen-bond donors (Lipinski definition) is 2. The van der Waals surface area contributed by atoms with Gasteiger partial charge in [0.15, 0.2) is 0 Å². The van der Waals surface area contributed by atoms with Gasteiger partial charge in [0, 0.05) is 26.0 Å². The molecule has 2 unspecified atom stereocenters. The van der Waals surface area contributed by atoms with Gasteiger partial charge in [-0.25, -0.2) is 0 Å². The van der Waals surface area contributed by atoms with Gasteiger partial charge in [0.2, 0.25) is 11.8 Å². The van der Waals surface area contributed by atoms with Crippen LogP contribution in [0.15, 0.2) is 18.5 Å². The van der Waals surface area contributed by atoms with E-state index in [9.17, 15) is 9.59 Å². The van der Waals surface area contributed by atoms with Crippen LogP contribution in [0.1, 0.15) is 25.8 Å². The highest BCUT2D eigenvalue weighted by molar-refractivity contribution is 5.86. The molecule has 1 aromatic heterocycles. The number of likely N-dealkylation sites (N-methyl/N-ethyl adjacent to an activating group) is 1. The van der Waals surface area contributed by atoms with Crippen molar-refractivity contribution in [3.63, 3.8) is 0 Å². The first-order valence-corrected chi connectivity index (χ1v) is 7.79. The number of aromatic nitrogens is 2. The molecule has 138 valence electrons. The van der Waals surface area contributed by atoms with Gasteiger partial charge in [-0.2, -0.15) is 5.10 Å². The molecule has 2 N–H and O–H groups in total. The summed E-state index contributed by atoms with van der Waals surface area (Å²) < 4.78 is 1.59. The van der Waals surface area contributed by atoms with Crippen LogP contribution in [0.3, 0.4) is 0 Å². The lowest BCUT2D eigenvalue weighted by Crippen LogP contribution is -2.41. The third kappa shape index (κ3) is 6.67. The molecular weight excluding hydrogens is 353 g/mol. The van der Waals surface area contributed by atoms with E-state index >= 15 is 0 Å². The van der Waals surface area contributed by atoms with E-state index in [1.807, 2.05) is 0 Å². The Balaban J connectivity index is 0.00000264. The molecule has 1 aromatic rings. The Bertz CT molecular complexity index is 492. The van der Waals surface area contributed by atoms with Crippen LogP contribution in [-0.2, 0) is 9.59 Å². The Kier molecular flexibility index (Phi) is 10.7. The van der Waals surface area contributed by atoms with Gasteiger partial charge in [-0.15, -0.1) is 24.8 Å². The van der Waals surface area contributed by atoms with Crippen molar-refractivity contribution < 1.29 is 9.59 Å². The van der Waals surface area contributed by atoms with Crippen LogP contribution in [0.25, 0.3) is 0 Å². The molecule has 0 saturated carbocycles. The molecule has 2 amide bonds. The molecule has 0 aliphatic carbocycles. The smallest absolute Gasteiger partial charge is 0.247 e. The molecule has 1 aliphatic heterocycles. The summed E-state index contributed by atoms with van der Waals surface area (Å²) in [5.41, 5.74) is 0. The van der Waals surface area contributed by atoms with Crippen molar-refractivity contribution in [2.24, 2.45) is 5.92 Å². The van der Waals surface area contributed by atoms with Crippen molar-refractivity contribution in [2.75, 3.05) is 33.2 Å². The number of carbonyl (C=O) groups excluding carboxylic acids is 2. The number of nitrogens with zero attached hydrogens (tertiary/aromatic N) is 3. The minimum absolute atomic E-state index is 0. The first kappa shape index (κ1) is 22.7. The fourth-order valence-corrected chi connectivity index (χ4v) is 2.67. The number of carbonyl (C=O) groups is 2. The van der Waals surface area contributed by atoms with E-state index in [1.165, 1.54) is 11.3 Å². The molecular formula is C15H27Cl2N5O2. The molecule has 0 radical (unpaired) electrons. The number of amides is 2. The standard InChI is InChI=1S/C15H25N5O2.2ClH/c1-12(20-9-3-6-18-20)15(22)19(2)11-14(21)17-8-5-13-4-7-16-10-13;;/h3,6,9,12-13,16H,4-5,7-8,10-11H2,1-2H3,(H,17,21);2*1H. The summed E-state index contributed by atoms with van der Waals surface area (Å²) in [7, 11) is 1.64. The van der Waals surface area contributed by atoms with Gasteiger partial charge in [0.1, 0.15) is 6.04 Å². The molecule has 2 atom stereocenters. The first-order chi connectivity index (χ1) is 10.6. The topological polar surface area (TPSA) is 79.3 Å². The first-order valence-electron chi connectivity index (χ1n) is 7.79. The lowest BCUT2D eigenvalue weighted by Gasteiger charge is -2.21. The summed E-state index contributed by atoms with van der Waals surface area (Å²) in [6.45, 7) is 4.63. The van der Waals surface area contributed by atoms with E-state index in [1.54, 1.807) is 37.1 Å². The van der Waals surface area contributed by atoms with Crippen molar-refractivity contribution in [3.05, 3.63) is 18.5 Å². The zero-order chi connectivity index (χ0) is 15.9. The minimum atomic E-state index is -0.405. The molecule has 2 heterocycles. The Morgan fingerprint density at radius 2 is 2.21 bits per heavy atom. The maximum Gasteiger partial charge on any atom is 0.247 e. The predicted molar refractivity (Wildman–Crippen MR) is 97.7 cm³/mol. The molecule has 1 saturated heterocycles. The predicted octanol–water partition coefficient (Wildman–Crippen LogP) is 0.862. The molecule has 1 fully saturated rings. The van der Waals surface area contributed by atoms with E-state index in [4.69, 9.17) is 0 Å². The second-order valence-corrected chi connectivity index (χ2v) is 5.85. The van der Waals surface area contributed by atoms with Gasteiger partial charge in [-0.3, -0.25) is 14.3 Å². The number of nitrogens with one attached hydrogen (secondary N) is 2. The van der Waals surface area contributed by atoms with Gasteiger partial charge in [-0.1, -0.05) is 0 Å². The maximum absolute atomic E-state index is 12.2. The molecule has 0 aromatic carbocycles. The van der Waals surface area contributed by atoms with Crippen LogP contribution in [-0.4, -0.2) is 59.7 Å². The van der Waals surface area contributed by atoms with E-state index in [-0.39, 0.29) is 43.2 Å². The normalized spacial score (nSPS) is 17.3. The number of hydrogen-bond acceptors (Lipinski definition) is 4. The van der Waals surface area contributed by atoms with Gasteiger partial charge < -0.3 is 15.5 Å². The van der Waals surface area contributed by atoms with Gasteiger partial charge in [-0.05, 0) is 44.8 Å². The highest BCUT2D eigenvalue weighted by Crippen LogP contribution is 2.11. The van der Waals surface area contributed by atoms with E-state index < -0.39 is 6.04 Å². The van der Waals surface area contributed by atoms with Crippen LogP contribution in [0.5, 0.6) is 0 Å². The van der Waals surface area contributed by atoms with Crippen molar-refractivity contribution in [3.8, 4) is 0 Å². The summed E-state index contributed by atoms with van der Waals surface area (Å²) in [4.78, 5) is 25.6. The lowest BCUT2D eigenvalue weighted by molar-refractivity contribution is -0.137. The molecule has 2 rings (SSSR count). The summed E-state index contributed by atoms with van der Waals surface area (Å²) in [6, 6.07) is 1.37. The highest BCUT2D eigenvalue weighted by atomic mass is 35.5. The highest BCUT2D eigenvalue weighted by Gasteiger charge is 2.21. The summed E-state index contributed by atoms with van der Waals surface area (Å²) in [5.74, 6) is 0.410. The second-order valence-electron chi connectivity index (χ2n) is 5.85. The van der Waals surface area contributed by atoms with E-state index in [0.717, 1.165) is 19.5 Å². The van der Waals surface area contributed by atoms with Crippen LogP contribution in [0.4, 0.5) is 0 Å². The molecule has 0 bridgehead atoms. The second kappa shape index (κ2) is 11.3. The minimum Gasteiger partial charge on any atom is -0.355 e. The van der Waals surface area contributed by atoms with Gasteiger partial charge >= 0.3 is 0 Å². The average molecular weight is 380 g/mol. The summed E-state index contributed by atoms with van der Waals surface area (Å²) in [5, 5.41) is 10.3. The van der Waals surface area contributed by atoms with E-state index in [2.05, 4.69) is 15.7 Å². The molecule has 1 aliphatic rings. The maximum atomic E-state index is 12.2. The summed E-state index contributed by atoms with van der Waals surface area (Å²) >= 11 is 0. The SMILES string of the molecule is CC(C(=O)N(C)CC(=O)NCCC1CCNC1)n1cccn1.Cl.Cl. The average Bonchev–Trinajstić information content (AvgIpc) is 3.18. The third-order valence-electron chi connectivity index (χ3n) is 4.07. The third-order valence-corrected chi connectivity index (χ3v) is 4.07. The fourth-order valence-electron chi connectivity index (χ4n) is 2.67. The van der Waals surface area contributed by atoms with Crippen molar-refractivity contribution in [1.29, 1.82) is 0 Å². The quantitative estimate of drug-likeness (QED) is 0.736. The van der Waals surface area contributed by atoms with Crippen LogP contribution in [0.2, 0.25) is 0 Å². The Hall–Kier alpha value is -1.31. The molecule has 0 spiro atoms. The van der Waals surface area contributed by atoms with Crippen LogP contribution >= 0.6 is 24.8 Å². The number of rotatable bonds is 7. The Morgan fingerprint density at radius 1 is 1.46 bits per heavy atom.